The zero-order valence-corrected chi connectivity index (χ0v) is 16.7. The largest absolute Gasteiger partial charge is 0.493 e. The second-order valence-electron chi connectivity index (χ2n) is 7.34. The first kappa shape index (κ1) is 17.3. The first-order chi connectivity index (χ1) is 14.6. The van der Waals surface area contributed by atoms with Gasteiger partial charge in [-0.05, 0) is 17.7 Å². The van der Waals surface area contributed by atoms with Crippen molar-refractivity contribution in [3.63, 3.8) is 0 Å². The maximum atomic E-state index is 12.9. The second-order valence-corrected chi connectivity index (χ2v) is 7.74. The van der Waals surface area contributed by atoms with Crippen molar-refractivity contribution in [2.24, 2.45) is 7.05 Å². The fourth-order valence-corrected chi connectivity index (χ4v) is 4.12. The molecule has 3 aromatic rings. The number of aryl methyl sites for hydroxylation is 1. The number of benzene rings is 1. The van der Waals surface area contributed by atoms with Crippen molar-refractivity contribution >= 4 is 40.1 Å². The molecule has 0 saturated heterocycles. The molecular formula is C21H16ClN5O3. The van der Waals surface area contributed by atoms with Gasteiger partial charge in [0.2, 0.25) is 5.95 Å². The molecule has 2 aromatic heterocycles. The van der Waals surface area contributed by atoms with E-state index in [1.807, 2.05) is 24.3 Å². The van der Waals surface area contributed by atoms with E-state index >= 15 is 0 Å². The Kier molecular flexibility index (Phi) is 3.61. The SMILES string of the molecule is Cn1c(=O)n(C2=CC3=CCC(=C2)O3)c2nc(Nc3cc4c(cc3Cl)OCC4)ncc21. The van der Waals surface area contributed by atoms with Crippen LogP contribution >= 0.6 is 11.6 Å². The van der Waals surface area contributed by atoms with Crippen molar-refractivity contribution in [2.45, 2.75) is 12.8 Å². The summed E-state index contributed by atoms with van der Waals surface area (Å²) in [4.78, 5) is 22.0. The van der Waals surface area contributed by atoms with Crippen LogP contribution in [-0.2, 0) is 18.2 Å². The van der Waals surface area contributed by atoms with Crippen molar-refractivity contribution < 1.29 is 9.47 Å². The molecule has 150 valence electrons. The number of halogens is 1. The van der Waals surface area contributed by atoms with Crippen LogP contribution in [0, 0.1) is 0 Å². The standard InChI is InChI=1S/C21H16ClN5O3/c1-26-17-10-23-20(24-16-6-11-4-5-29-18(11)9-15(16)22)25-19(17)27(21(26)28)12-7-13-2-3-14(8-12)30-13/h2,6-10H,3-5H2,1H3,(H,23,24,25). The number of nitrogens with zero attached hydrogens (tertiary/aromatic N) is 4. The first-order valence-electron chi connectivity index (χ1n) is 9.54. The van der Waals surface area contributed by atoms with Crippen LogP contribution in [0.15, 0.2) is 52.9 Å². The van der Waals surface area contributed by atoms with Crippen LogP contribution in [0.5, 0.6) is 5.75 Å². The molecule has 0 unspecified atom stereocenters. The number of hydrogen-bond donors (Lipinski definition) is 1. The lowest BCUT2D eigenvalue weighted by Crippen LogP contribution is -2.22. The molecule has 30 heavy (non-hydrogen) atoms. The van der Waals surface area contributed by atoms with Gasteiger partial charge in [0, 0.05) is 38.1 Å². The predicted molar refractivity (Wildman–Crippen MR) is 113 cm³/mol. The molecule has 0 fully saturated rings. The first-order valence-corrected chi connectivity index (χ1v) is 9.92. The van der Waals surface area contributed by atoms with Gasteiger partial charge >= 0.3 is 5.69 Å². The monoisotopic (exact) mass is 421 g/mol. The zero-order chi connectivity index (χ0) is 20.4. The molecule has 2 bridgehead atoms. The Morgan fingerprint density at radius 3 is 3.03 bits per heavy atom. The lowest BCUT2D eigenvalue weighted by atomic mass is 10.1. The fourth-order valence-electron chi connectivity index (χ4n) is 3.92. The number of ether oxygens (including phenoxy) is 2. The van der Waals surface area contributed by atoms with E-state index in [2.05, 4.69) is 15.3 Å². The van der Waals surface area contributed by atoms with Crippen LogP contribution in [0.1, 0.15) is 12.0 Å². The lowest BCUT2D eigenvalue weighted by molar-refractivity contribution is 0.334. The molecule has 0 radical (unpaired) electrons. The normalized spacial score (nSPS) is 16.5. The molecule has 0 aliphatic carbocycles. The molecule has 0 spiro atoms. The average Bonchev–Trinajstić information content (AvgIpc) is 3.39. The highest BCUT2D eigenvalue weighted by atomic mass is 35.5. The Hall–Kier alpha value is -3.52. The van der Waals surface area contributed by atoms with Crippen LogP contribution in [0.3, 0.4) is 0 Å². The third-order valence-electron chi connectivity index (χ3n) is 5.44. The summed E-state index contributed by atoms with van der Waals surface area (Å²) in [6.07, 6.45) is 8.87. The fraction of sp³-hybridized carbons (Fsp3) is 0.190. The van der Waals surface area contributed by atoms with Crippen molar-refractivity contribution in [1.82, 2.24) is 19.1 Å². The summed E-state index contributed by atoms with van der Waals surface area (Å²) >= 11 is 6.40. The Labute approximate surface area is 175 Å². The van der Waals surface area contributed by atoms with Crippen LogP contribution in [0.25, 0.3) is 16.9 Å². The van der Waals surface area contributed by atoms with Gasteiger partial charge < -0.3 is 14.8 Å². The summed E-state index contributed by atoms with van der Waals surface area (Å²) in [7, 11) is 1.70. The molecule has 3 aliphatic heterocycles. The lowest BCUT2D eigenvalue weighted by Gasteiger charge is -2.12. The van der Waals surface area contributed by atoms with Gasteiger partial charge in [0.05, 0.1) is 29.2 Å². The van der Waals surface area contributed by atoms with E-state index in [1.165, 1.54) is 4.57 Å². The van der Waals surface area contributed by atoms with E-state index in [0.29, 0.717) is 40.1 Å². The summed E-state index contributed by atoms with van der Waals surface area (Å²) in [5, 5.41) is 3.70. The van der Waals surface area contributed by atoms with Gasteiger partial charge in [-0.25, -0.2) is 14.3 Å². The highest BCUT2D eigenvalue weighted by Gasteiger charge is 2.22. The van der Waals surface area contributed by atoms with Gasteiger partial charge in [-0.3, -0.25) is 4.57 Å². The van der Waals surface area contributed by atoms with Crippen LogP contribution in [0.2, 0.25) is 5.02 Å². The number of hydrogen-bond acceptors (Lipinski definition) is 6. The minimum Gasteiger partial charge on any atom is -0.493 e. The van der Waals surface area contributed by atoms with Gasteiger partial charge in [-0.2, -0.15) is 4.98 Å². The van der Waals surface area contributed by atoms with E-state index in [1.54, 1.807) is 23.9 Å². The molecule has 9 heteroatoms. The van der Waals surface area contributed by atoms with Crippen LogP contribution in [-0.4, -0.2) is 25.7 Å². The Balaban J connectivity index is 1.46. The zero-order valence-electron chi connectivity index (χ0n) is 16.0. The maximum Gasteiger partial charge on any atom is 0.334 e. The minimum absolute atomic E-state index is 0.200. The van der Waals surface area contributed by atoms with Crippen molar-refractivity contribution in [2.75, 3.05) is 11.9 Å². The molecule has 0 atom stereocenters. The summed E-state index contributed by atoms with van der Waals surface area (Å²) in [5.41, 5.74) is 3.43. The van der Waals surface area contributed by atoms with Gasteiger partial charge in [-0.15, -0.1) is 0 Å². The van der Waals surface area contributed by atoms with E-state index in [9.17, 15) is 4.79 Å². The maximum absolute atomic E-state index is 12.9. The average molecular weight is 422 g/mol. The highest BCUT2D eigenvalue weighted by molar-refractivity contribution is 6.33. The predicted octanol–water partition coefficient (Wildman–Crippen LogP) is 3.50. The highest BCUT2D eigenvalue weighted by Crippen LogP contribution is 2.35. The van der Waals surface area contributed by atoms with Gasteiger partial charge in [0.25, 0.3) is 0 Å². The van der Waals surface area contributed by atoms with Crippen molar-refractivity contribution in [3.8, 4) is 5.75 Å². The molecule has 0 saturated carbocycles. The summed E-state index contributed by atoms with van der Waals surface area (Å²) < 4.78 is 14.3. The van der Waals surface area contributed by atoms with E-state index in [-0.39, 0.29) is 5.69 Å². The molecule has 3 aliphatic rings. The molecule has 8 nitrogen and oxygen atoms in total. The van der Waals surface area contributed by atoms with E-state index in [4.69, 9.17) is 21.1 Å². The topological polar surface area (TPSA) is 83.2 Å². The second kappa shape index (κ2) is 6.24. The Morgan fingerprint density at radius 1 is 1.27 bits per heavy atom. The van der Waals surface area contributed by atoms with Crippen LogP contribution in [0.4, 0.5) is 11.6 Å². The number of allylic oxidation sites excluding steroid dienone is 4. The Morgan fingerprint density at radius 2 is 2.17 bits per heavy atom. The summed E-state index contributed by atoms with van der Waals surface area (Å²) in [5.74, 6) is 2.71. The van der Waals surface area contributed by atoms with Gasteiger partial charge in [-0.1, -0.05) is 11.6 Å². The van der Waals surface area contributed by atoms with Crippen LogP contribution < -0.4 is 15.7 Å². The van der Waals surface area contributed by atoms with Crippen molar-refractivity contribution in [1.29, 1.82) is 0 Å². The van der Waals surface area contributed by atoms with Gasteiger partial charge in [0.15, 0.2) is 5.65 Å². The van der Waals surface area contributed by atoms with Gasteiger partial charge in [0.1, 0.15) is 22.8 Å². The van der Waals surface area contributed by atoms with E-state index < -0.39 is 0 Å². The third-order valence-corrected chi connectivity index (χ3v) is 5.75. The smallest absolute Gasteiger partial charge is 0.334 e. The number of aromatic nitrogens is 4. The molecular weight excluding hydrogens is 406 g/mol. The number of nitrogens with one attached hydrogen (secondary N) is 1. The summed E-state index contributed by atoms with van der Waals surface area (Å²) in [6, 6.07) is 3.75. The Bertz CT molecular complexity index is 1400. The molecule has 1 aromatic carbocycles. The molecule has 6 rings (SSSR count). The third kappa shape index (κ3) is 2.57. The molecule has 1 N–H and O–H groups in total. The number of rotatable bonds is 3. The molecule has 5 heterocycles. The quantitative estimate of drug-likeness (QED) is 0.696. The number of fused-ring (bicyclic) bond motifs is 4. The minimum atomic E-state index is -0.200. The molecule has 0 amide bonds. The van der Waals surface area contributed by atoms with E-state index in [0.717, 1.165) is 35.7 Å². The number of imidazole rings is 1. The number of anilines is 2. The van der Waals surface area contributed by atoms with Crippen molar-refractivity contribution in [3.05, 3.63) is 69.1 Å². The summed E-state index contributed by atoms with van der Waals surface area (Å²) in [6.45, 7) is 0.651.